The number of pyridine rings is 1. The van der Waals surface area contributed by atoms with Gasteiger partial charge in [0.1, 0.15) is 5.75 Å². The number of fused-ring (bicyclic) bond motifs is 1. The number of alkyl halides is 3. The highest BCUT2D eigenvalue weighted by Gasteiger charge is 2.58. The molecule has 178 valence electrons. The zero-order chi connectivity index (χ0) is 24.7. The van der Waals surface area contributed by atoms with E-state index in [1.54, 1.807) is 42.6 Å². The molecule has 1 fully saturated rings. The number of nitrogens with two attached hydrogens (primary N) is 1. The summed E-state index contributed by atoms with van der Waals surface area (Å²) in [6.07, 6.45) is -1.44. The molecule has 1 saturated carbocycles. The second kappa shape index (κ2) is 8.53. The molecule has 0 saturated heterocycles. The number of hydrogen-bond donors (Lipinski definition) is 2. The molecule has 5 rings (SSSR count). The lowest BCUT2D eigenvalue weighted by atomic mass is 10.0. The van der Waals surface area contributed by atoms with E-state index in [0.717, 1.165) is 5.56 Å². The van der Waals surface area contributed by atoms with Crippen molar-refractivity contribution in [1.82, 2.24) is 15.0 Å². The van der Waals surface area contributed by atoms with Gasteiger partial charge in [-0.1, -0.05) is 24.3 Å². The summed E-state index contributed by atoms with van der Waals surface area (Å²) in [4.78, 5) is 25.0. The van der Waals surface area contributed by atoms with Crippen molar-refractivity contribution in [3.8, 4) is 22.9 Å². The maximum Gasteiger partial charge on any atom is 0.392 e. The number of anilines is 2. The minimum Gasteiger partial charge on any atom is -0.437 e. The van der Waals surface area contributed by atoms with Gasteiger partial charge in [-0.3, -0.25) is 4.79 Å². The molecule has 2 unspecified atom stereocenters. The molecule has 3 N–H and O–H groups in total. The predicted octanol–water partition coefficient (Wildman–Crippen LogP) is 5.51. The number of hydrogen-bond acceptors (Lipinski definition) is 6. The molecule has 2 heterocycles. The lowest BCUT2D eigenvalue weighted by Crippen LogP contribution is -2.20. The molecule has 2 aromatic carbocycles. The third-order valence-electron chi connectivity index (χ3n) is 5.93. The molecular formula is C25H20F3N5O2. The van der Waals surface area contributed by atoms with E-state index in [2.05, 4.69) is 20.3 Å². The van der Waals surface area contributed by atoms with Gasteiger partial charge in [0.2, 0.25) is 17.7 Å². The van der Waals surface area contributed by atoms with Crippen molar-refractivity contribution in [2.75, 3.05) is 11.1 Å². The first-order valence-electron chi connectivity index (χ1n) is 10.8. The number of halogens is 3. The molecule has 10 heteroatoms. The maximum absolute atomic E-state index is 12.9. The van der Waals surface area contributed by atoms with Gasteiger partial charge in [-0.25, -0.2) is 15.0 Å². The largest absolute Gasteiger partial charge is 0.437 e. The molecular weight excluding hydrogens is 459 g/mol. The number of amides is 1. The zero-order valence-electron chi connectivity index (χ0n) is 18.5. The normalized spacial score (nSPS) is 17.3. The Balaban J connectivity index is 1.49. The van der Waals surface area contributed by atoms with Crippen LogP contribution in [0.25, 0.3) is 22.0 Å². The standard InChI is InChI=1S/C25H20F3N5O2/c1-13-7-8-14-15(4-2-6-19(14)32-22(34)17-12-18(17)25(26,27)28)21(13)35-23-16(5-3-10-30-23)20-9-11-31-24(29)33-20/h2-11,17-18H,12H2,1H3,(H,32,34)(H2,29,31,33). The van der Waals surface area contributed by atoms with E-state index in [0.29, 0.717) is 39.3 Å². The first-order chi connectivity index (χ1) is 16.7. The van der Waals surface area contributed by atoms with Crippen molar-refractivity contribution in [1.29, 1.82) is 0 Å². The van der Waals surface area contributed by atoms with E-state index >= 15 is 0 Å². The van der Waals surface area contributed by atoms with E-state index in [1.165, 1.54) is 6.20 Å². The van der Waals surface area contributed by atoms with Gasteiger partial charge < -0.3 is 15.8 Å². The predicted molar refractivity (Wildman–Crippen MR) is 125 cm³/mol. The maximum atomic E-state index is 12.9. The van der Waals surface area contributed by atoms with Crippen LogP contribution < -0.4 is 15.8 Å². The Hall–Kier alpha value is -4.21. The molecule has 1 amide bonds. The Morgan fingerprint density at radius 1 is 1.06 bits per heavy atom. The number of rotatable bonds is 5. The van der Waals surface area contributed by atoms with Gasteiger partial charge in [0, 0.05) is 28.9 Å². The molecule has 0 spiro atoms. The number of nitrogens with one attached hydrogen (secondary N) is 1. The Bertz CT molecular complexity index is 1440. The summed E-state index contributed by atoms with van der Waals surface area (Å²) in [6, 6.07) is 14.0. The highest BCUT2D eigenvalue weighted by atomic mass is 19.4. The van der Waals surface area contributed by atoms with Crippen LogP contribution in [-0.4, -0.2) is 27.0 Å². The third-order valence-corrected chi connectivity index (χ3v) is 5.93. The summed E-state index contributed by atoms with van der Waals surface area (Å²) in [7, 11) is 0. The first-order valence-corrected chi connectivity index (χ1v) is 10.8. The van der Waals surface area contributed by atoms with Crippen LogP contribution in [0, 0.1) is 18.8 Å². The van der Waals surface area contributed by atoms with Gasteiger partial charge in [0.25, 0.3) is 0 Å². The van der Waals surface area contributed by atoms with Crippen molar-refractivity contribution in [3.05, 3.63) is 66.5 Å². The minimum atomic E-state index is -4.37. The van der Waals surface area contributed by atoms with Crippen molar-refractivity contribution < 1.29 is 22.7 Å². The van der Waals surface area contributed by atoms with Crippen molar-refractivity contribution in [2.45, 2.75) is 19.5 Å². The van der Waals surface area contributed by atoms with E-state index < -0.39 is 23.9 Å². The average Bonchev–Trinajstić information content (AvgIpc) is 3.63. The van der Waals surface area contributed by atoms with Crippen LogP contribution in [-0.2, 0) is 4.79 Å². The summed E-state index contributed by atoms with van der Waals surface area (Å²) >= 11 is 0. The van der Waals surface area contributed by atoms with Crippen LogP contribution in [0.4, 0.5) is 24.8 Å². The number of ether oxygens (including phenoxy) is 1. The van der Waals surface area contributed by atoms with Gasteiger partial charge >= 0.3 is 6.18 Å². The highest BCUT2D eigenvalue weighted by molar-refractivity contribution is 6.05. The van der Waals surface area contributed by atoms with Gasteiger partial charge in [-0.05, 0) is 43.2 Å². The molecule has 1 aliphatic rings. The number of nitrogen functional groups attached to an aromatic ring is 1. The zero-order valence-corrected chi connectivity index (χ0v) is 18.5. The Morgan fingerprint density at radius 3 is 2.63 bits per heavy atom. The third kappa shape index (κ3) is 4.46. The summed E-state index contributed by atoms with van der Waals surface area (Å²) in [5, 5.41) is 3.97. The quantitative estimate of drug-likeness (QED) is 0.391. The molecule has 0 bridgehead atoms. The van der Waals surface area contributed by atoms with Gasteiger partial charge in [0.05, 0.1) is 23.1 Å². The molecule has 35 heavy (non-hydrogen) atoms. The van der Waals surface area contributed by atoms with E-state index in [9.17, 15) is 18.0 Å². The molecule has 2 aromatic heterocycles. The number of carbonyl (C=O) groups excluding carboxylic acids is 1. The number of aromatic nitrogens is 3. The monoisotopic (exact) mass is 479 g/mol. The minimum absolute atomic E-state index is 0.113. The second-order valence-corrected chi connectivity index (χ2v) is 8.35. The summed E-state index contributed by atoms with van der Waals surface area (Å²) in [6.45, 7) is 1.86. The van der Waals surface area contributed by atoms with E-state index in [1.807, 2.05) is 19.1 Å². The summed E-state index contributed by atoms with van der Waals surface area (Å²) in [5.74, 6) is -2.39. The Kier molecular flexibility index (Phi) is 5.50. The van der Waals surface area contributed by atoms with Crippen LogP contribution >= 0.6 is 0 Å². The molecule has 0 aliphatic heterocycles. The number of aryl methyl sites for hydroxylation is 1. The van der Waals surface area contributed by atoms with E-state index in [-0.39, 0.29) is 12.4 Å². The first kappa shape index (κ1) is 22.6. The molecule has 1 aliphatic carbocycles. The Labute approximate surface area is 198 Å². The van der Waals surface area contributed by atoms with Gasteiger partial charge in [0.15, 0.2) is 0 Å². The Morgan fingerprint density at radius 2 is 1.89 bits per heavy atom. The number of nitrogens with zero attached hydrogens (tertiary/aromatic N) is 3. The molecule has 7 nitrogen and oxygen atoms in total. The lowest BCUT2D eigenvalue weighted by Gasteiger charge is -2.16. The fraction of sp³-hybridized carbons (Fsp3) is 0.200. The van der Waals surface area contributed by atoms with Crippen LogP contribution in [0.5, 0.6) is 11.6 Å². The molecule has 0 radical (unpaired) electrons. The van der Waals surface area contributed by atoms with Crippen LogP contribution in [0.3, 0.4) is 0 Å². The van der Waals surface area contributed by atoms with Crippen molar-refractivity contribution >= 4 is 28.3 Å². The fourth-order valence-corrected chi connectivity index (χ4v) is 4.04. The number of carbonyl (C=O) groups is 1. The fourth-order valence-electron chi connectivity index (χ4n) is 4.04. The molecule has 2 atom stereocenters. The SMILES string of the molecule is Cc1ccc2c(NC(=O)C3CC3C(F)(F)F)cccc2c1Oc1ncccc1-c1ccnc(N)n1. The smallest absolute Gasteiger partial charge is 0.392 e. The number of benzene rings is 2. The van der Waals surface area contributed by atoms with E-state index in [4.69, 9.17) is 10.5 Å². The second-order valence-electron chi connectivity index (χ2n) is 8.35. The van der Waals surface area contributed by atoms with Crippen molar-refractivity contribution in [2.24, 2.45) is 11.8 Å². The summed E-state index contributed by atoms with van der Waals surface area (Å²) in [5.41, 5.74) is 8.09. The van der Waals surface area contributed by atoms with Crippen molar-refractivity contribution in [3.63, 3.8) is 0 Å². The van der Waals surface area contributed by atoms with Crippen LogP contribution in [0.2, 0.25) is 0 Å². The highest BCUT2D eigenvalue weighted by Crippen LogP contribution is 2.50. The van der Waals surface area contributed by atoms with Gasteiger partial charge in [-0.15, -0.1) is 0 Å². The van der Waals surface area contributed by atoms with Gasteiger partial charge in [-0.2, -0.15) is 13.2 Å². The van der Waals surface area contributed by atoms with Crippen LogP contribution in [0.1, 0.15) is 12.0 Å². The average molecular weight is 479 g/mol. The summed E-state index contributed by atoms with van der Waals surface area (Å²) < 4.78 is 45.0. The molecule has 4 aromatic rings. The lowest BCUT2D eigenvalue weighted by molar-refractivity contribution is -0.153. The van der Waals surface area contributed by atoms with Crippen LogP contribution in [0.15, 0.2) is 60.9 Å². The topological polar surface area (TPSA) is 103 Å².